The molecule has 2 rings (SSSR count). The van der Waals surface area contributed by atoms with Crippen LogP contribution < -0.4 is 5.73 Å². The number of nitriles is 1. The molecule has 0 saturated carbocycles. The van der Waals surface area contributed by atoms with Gasteiger partial charge in [0.15, 0.2) is 0 Å². The van der Waals surface area contributed by atoms with Crippen molar-refractivity contribution in [2.24, 2.45) is 17.6 Å². The van der Waals surface area contributed by atoms with Crippen molar-refractivity contribution < 1.29 is 0 Å². The molecule has 2 aliphatic carbocycles. The Morgan fingerprint density at radius 2 is 2.23 bits per heavy atom. The first-order valence-corrected chi connectivity index (χ1v) is 4.25. The van der Waals surface area contributed by atoms with Crippen molar-refractivity contribution in [3.63, 3.8) is 0 Å². The van der Waals surface area contributed by atoms with Gasteiger partial charge in [-0.15, -0.1) is 0 Å². The summed E-state index contributed by atoms with van der Waals surface area (Å²) in [4.78, 5) is 0. The number of hydrogen-bond acceptors (Lipinski definition) is 2. The van der Waals surface area contributed by atoms with Gasteiger partial charge in [-0.25, -0.2) is 0 Å². The van der Waals surface area contributed by atoms with E-state index in [9.17, 15) is 0 Å². The van der Waals surface area contributed by atoms with Crippen molar-refractivity contribution in [1.29, 1.82) is 5.26 Å². The van der Waals surface area contributed by atoms with Gasteiger partial charge in [0.1, 0.15) is 0 Å². The van der Waals surface area contributed by atoms with Gasteiger partial charge in [-0.3, -0.25) is 0 Å². The van der Waals surface area contributed by atoms with Crippen LogP contribution in [0.4, 0.5) is 0 Å². The predicted molar refractivity (Wildman–Crippen MR) is 51.2 cm³/mol. The number of rotatable bonds is 0. The van der Waals surface area contributed by atoms with Gasteiger partial charge in [0.25, 0.3) is 0 Å². The van der Waals surface area contributed by atoms with Crippen LogP contribution in [0.2, 0.25) is 0 Å². The van der Waals surface area contributed by atoms with Gasteiger partial charge in [-0.1, -0.05) is 24.3 Å². The van der Waals surface area contributed by atoms with Gasteiger partial charge in [0.05, 0.1) is 6.07 Å². The highest BCUT2D eigenvalue weighted by Gasteiger charge is 2.22. The Bertz CT molecular complexity index is 377. The Kier molecular flexibility index (Phi) is 1.79. The zero-order valence-electron chi connectivity index (χ0n) is 7.14. The fourth-order valence-electron chi connectivity index (χ4n) is 1.68. The highest BCUT2D eigenvalue weighted by molar-refractivity contribution is 5.42. The lowest BCUT2D eigenvalue weighted by Crippen LogP contribution is -2.21. The summed E-state index contributed by atoms with van der Waals surface area (Å²) in [7, 11) is 0. The number of nitrogens with two attached hydrogens (primary N) is 1. The maximum absolute atomic E-state index is 8.72. The largest absolute Gasteiger partial charge is 0.402 e. The first-order valence-electron chi connectivity index (χ1n) is 4.25. The van der Waals surface area contributed by atoms with Gasteiger partial charge in [-0.2, -0.15) is 5.26 Å². The third-order valence-corrected chi connectivity index (χ3v) is 2.41. The molecule has 2 N–H and O–H groups in total. The third-order valence-electron chi connectivity index (χ3n) is 2.41. The van der Waals surface area contributed by atoms with Crippen LogP contribution in [0.3, 0.4) is 0 Å². The van der Waals surface area contributed by atoms with E-state index in [4.69, 9.17) is 11.0 Å². The van der Waals surface area contributed by atoms with Gasteiger partial charge in [0.2, 0.25) is 0 Å². The Balaban J connectivity index is 2.35. The minimum Gasteiger partial charge on any atom is -0.402 e. The molecule has 0 aliphatic heterocycles. The molecule has 0 amide bonds. The average Bonchev–Trinajstić information content (AvgIpc) is 2.18. The minimum absolute atomic E-state index is 0.185. The van der Waals surface area contributed by atoms with Gasteiger partial charge in [0, 0.05) is 23.1 Å². The van der Waals surface area contributed by atoms with E-state index in [-0.39, 0.29) is 5.92 Å². The Labute approximate surface area is 77.4 Å². The Morgan fingerprint density at radius 3 is 3.00 bits per heavy atom. The second-order valence-corrected chi connectivity index (χ2v) is 3.25. The fourth-order valence-corrected chi connectivity index (χ4v) is 1.68. The summed E-state index contributed by atoms with van der Waals surface area (Å²) in [6, 6.07) is 2.12. The molecule has 0 spiro atoms. The van der Waals surface area contributed by atoms with E-state index >= 15 is 0 Å². The molecule has 0 saturated heterocycles. The monoisotopic (exact) mass is 170 g/mol. The first-order chi connectivity index (χ1) is 6.31. The SMILES string of the molecule is N#CC1=CC2C(N)=CC=CC2C=C1. The van der Waals surface area contributed by atoms with Gasteiger partial charge < -0.3 is 5.73 Å². The van der Waals surface area contributed by atoms with E-state index in [0.717, 1.165) is 5.70 Å². The molecule has 2 unspecified atom stereocenters. The lowest BCUT2D eigenvalue weighted by atomic mass is 9.81. The molecule has 13 heavy (non-hydrogen) atoms. The molecule has 0 heterocycles. The highest BCUT2D eigenvalue weighted by atomic mass is 14.6. The molecule has 2 aliphatic rings. The molecule has 0 bridgehead atoms. The van der Waals surface area contributed by atoms with E-state index in [0.29, 0.717) is 11.5 Å². The van der Waals surface area contributed by atoms with Crippen LogP contribution >= 0.6 is 0 Å². The maximum Gasteiger partial charge on any atom is 0.0988 e. The number of hydrogen-bond donors (Lipinski definition) is 1. The molecule has 0 aromatic rings. The number of fused-ring (bicyclic) bond motifs is 1. The molecular weight excluding hydrogens is 160 g/mol. The summed E-state index contributed by atoms with van der Waals surface area (Å²) in [6.07, 6.45) is 11.8. The van der Waals surface area contributed by atoms with Crippen LogP contribution in [0.1, 0.15) is 0 Å². The van der Waals surface area contributed by atoms with Crippen LogP contribution in [0, 0.1) is 23.2 Å². The third kappa shape index (κ3) is 1.29. The number of nitrogens with zero attached hydrogens (tertiary/aromatic N) is 1. The lowest BCUT2D eigenvalue weighted by Gasteiger charge is -2.25. The van der Waals surface area contributed by atoms with Crippen molar-refractivity contribution in [3.8, 4) is 6.07 Å². The summed E-state index contributed by atoms with van der Waals surface area (Å²) in [5.41, 5.74) is 7.37. The molecule has 0 radical (unpaired) electrons. The van der Waals surface area contributed by atoms with Gasteiger partial charge in [-0.05, 0) is 12.2 Å². The summed E-state index contributed by atoms with van der Waals surface area (Å²) in [5, 5.41) is 8.72. The fraction of sp³-hybridized carbons (Fsp3) is 0.182. The van der Waals surface area contributed by atoms with E-state index in [2.05, 4.69) is 12.1 Å². The average molecular weight is 170 g/mol. The highest BCUT2D eigenvalue weighted by Crippen LogP contribution is 2.30. The zero-order chi connectivity index (χ0) is 9.26. The second kappa shape index (κ2) is 2.95. The smallest absolute Gasteiger partial charge is 0.0988 e. The quantitative estimate of drug-likeness (QED) is 0.601. The lowest BCUT2D eigenvalue weighted by molar-refractivity contribution is 0.614. The van der Waals surface area contributed by atoms with E-state index in [1.807, 2.05) is 30.4 Å². The summed E-state index contributed by atoms with van der Waals surface area (Å²) >= 11 is 0. The molecule has 2 heteroatoms. The topological polar surface area (TPSA) is 49.8 Å². The van der Waals surface area contributed by atoms with Crippen LogP contribution in [-0.2, 0) is 0 Å². The van der Waals surface area contributed by atoms with Crippen molar-refractivity contribution in [1.82, 2.24) is 0 Å². The second-order valence-electron chi connectivity index (χ2n) is 3.25. The minimum atomic E-state index is 0.185. The number of allylic oxidation sites excluding steroid dienone is 7. The van der Waals surface area contributed by atoms with Crippen LogP contribution in [-0.4, -0.2) is 0 Å². The molecular formula is C11H10N2. The molecule has 2 atom stereocenters. The van der Waals surface area contributed by atoms with Crippen molar-refractivity contribution in [3.05, 3.63) is 47.7 Å². The van der Waals surface area contributed by atoms with Crippen molar-refractivity contribution in [2.75, 3.05) is 0 Å². The van der Waals surface area contributed by atoms with Crippen LogP contribution in [0.25, 0.3) is 0 Å². The standard InChI is InChI=1S/C11H10N2/c12-7-8-4-5-9-2-1-3-11(13)10(9)6-8/h1-6,9-10H,13H2. The molecule has 2 nitrogen and oxygen atoms in total. The first kappa shape index (κ1) is 7.88. The molecule has 0 aromatic carbocycles. The van der Waals surface area contributed by atoms with Crippen molar-refractivity contribution >= 4 is 0 Å². The summed E-state index contributed by atoms with van der Waals surface area (Å²) in [6.45, 7) is 0. The molecule has 0 aromatic heterocycles. The van der Waals surface area contributed by atoms with E-state index < -0.39 is 0 Å². The van der Waals surface area contributed by atoms with E-state index in [1.54, 1.807) is 0 Å². The van der Waals surface area contributed by atoms with E-state index in [1.165, 1.54) is 0 Å². The van der Waals surface area contributed by atoms with Crippen LogP contribution in [0.5, 0.6) is 0 Å². The summed E-state index contributed by atoms with van der Waals surface area (Å²) in [5.74, 6) is 0.520. The summed E-state index contributed by atoms with van der Waals surface area (Å²) < 4.78 is 0. The molecule has 64 valence electrons. The molecule has 0 fully saturated rings. The Hall–Kier alpha value is -1.75. The predicted octanol–water partition coefficient (Wildman–Crippen LogP) is 1.65. The van der Waals surface area contributed by atoms with Crippen molar-refractivity contribution in [2.45, 2.75) is 0 Å². The van der Waals surface area contributed by atoms with Crippen LogP contribution in [0.15, 0.2) is 47.7 Å². The van der Waals surface area contributed by atoms with Gasteiger partial charge >= 0.3 is 0 Å². The normalized spacial score (nSPS) is 30.1. The Morgan fingerprint density at radius 1 is 1.38 bits per heavy atom. The zero-order valence-corrected chi connectivity index (χ0v) is 7.14. The maximum atomic E-state index is 8.72.